The van der Waals surface area contributed by atoms with Gasteiger partial charge in [0, 0.05) is 19.5 Å². The third-order valence-corrected chi connectivity index (χ3v) is 5.19. The Bertz CT molecular complexity index is 744. The number of esters is 3. The number of carbonyl (C=O) groups excluding carboxylic acids is 4. The molecule has 0 aromatic heterocycles. The van der Waals surface area contributed by atoms with Crippen LogP contribution in [0, 0.1) is 0 Å². The van der Waals surface area contributed by atoms with E-state index in [0.29, 0.717) is 25.9 Å². The summed E-state index contributed by atoms with van der Waals surface area (Å²) in [5.41, 5.74) is 2.55. The van der Waals surface area contributed by atoms with Crippen LogP contribution in [-0.4, -0.2) is 84.2 Å². The van der Waals surface area contributed by atoms with E-state index in [9.17, 15) is 19.2 Å². The van der Waals surface area contributed by atoms with Gasteiger partial charge in [0.1, 0.15) is 17.2 Å². The zero-order chi connectivity index (χ0) is 27.7. The van der Waals surface area contributed by atoms with Crippen LogP contribution in [0.1, 0.15) is 81.1 Å². The lowest BCUT2D eigenvalue weighted by Crippen LogP contribution is -2.55. The first-order valence-electron chi connectivity index (χ1n) is 12.5. The van der Waals surface area contributed by atoms with E-state index >= 15 is 0 Å². The van der Waals surface area contributed by atoms with Gasteiger partial charge in [-0.1, -0.05) is 0 Å². The van der Waals surface area contributed by atoms with Gasteiger partial charge in [0.25, 0.3) is 5.60 Å². The molecule has 0 aromatic carbocycles. The van der Waals surface area contributed by atoms with E-state index in [2.05, 4.69) is 0 Å². The average Bonchev–Trinajstić information content (AvgIpc) is 2.74. The molecule has 208 valence electrons. The van der Waals surface area contributed by atoms with Crippen LogP contribution >= 0.6 is 0 Å². The minimum atomic E-state index is -2.11. The minimum absolute atomic E-state index is 0.0125. The van der Waals surface area contributed by atoms with Gasteiger partial charge in [0.05, 0.1) is 19.3 Å². The summed E-state index contributed by atoms with van der Waals surface area (Å²) in [4.78, 5) is 52.5. The van der Waals surface area contributed by atoms with E-state index in [-0.39, 0.29) is 26.1 Å². The fourth-order valence-corrected chi connectivity index (χ4v) is 3.56. The predicted molar refractivity (Wildman–Crippen MR) is 131 cm³/mol. The van der Waals surface area contributed by atoms with Gasteiger partial charge < -0.3 is 34.3 Å². The lowest BCUT2D eigenvalue weighted by Gasteiger charge is -2.38. The Hall–Kier alpha value is -2.40. The van der Waals surface area contributed by atoms with Crippen LogP contribution in [0.15, 0.2) is 0 Å². The van der Waals surface area contributed by atoms with Crippen molar-refractivity contribution < 1.29 is 42.9 Å². The molecule has 0 aromatic rings. The molecule has 1 atom stereocenters. The van der Waals surface area contributed by atoms with E-state index in [1.807, 2.05) is 0 Å². The fourth-order valence-electron chi connectivity index (χ4n) is 3.56. The average molecular weight is 517 g/mol. The molecule has 0 spiro atoms. The molecule has 36 heavy (non-hydrogen) atoms. The van der Waals surface area contributed by atoms with Crippen LogP contribution in [0.25, 0.3) is 0 Å². The van der Waals surface area contributed by atoms with E-state index in [0.717, 1.165) is 0 Å². The second-order valence-electron chi connectivity index (χ2n) is 10.7. The summed E-state index contributed by atoms with van der Waals surface area (Å²) < 4.78 is 27.3. The molecule has 2 N–H and O–H groups in total. The molecule has 1 unspecified atom stereocenters. The minimum Gasteiger partial charge on any atom is -0.463 e. The lowest BCUT2D eigenvalue weighted by molar-refractivity contribution is -0.202. The summed E-state index contributed by atoms with van der Waals surface area (Å²) in [6.07, 6.45) is -0.585. The first-order valence-corrected chi connectivity index (χ1v) is 12.5. The number of carbonyl (C=O) groups is 4. The lowest BCUT2D eigenvalue weighted by atomic mass is 9.93. The molecule has 1 aliphatic rings. The maximum absolute atomic E-state index is 13.1. The maximum Gasteiger partial charge on any atom is 0.410 e. The predicted octanol–water partition coefficient (Wildman–Crippen LogP) is 2.72. The highest BCUT2D eigenvalue weighted by Crippen LogP contribution is 2.30. The Labute approximate surface area is 214 Å². The molecule has 11 nitrogen and oxygen atoms in total. The van der Waals surface area contributed by atoms with E-state index in [4.69, 9.17) is 29.4 Å². The molecular weight excluding hydrogens is 472 g/mol. The van der Waals surface area contributed by atoms with Crippen molar-refractivity contribution in [3.8, 4) is 0 Å². The largest absolute Gasteiger partial charge is 0.463 e. The van der Waals surface area contributed by atoms with Crippen LogP contribution < -0.4 is 5.73 Å². The normalized spacial score (nSPS) is 16.2. The Morgan fingerprint density at radius 1 is 0.861 bits per heavy atom. The van der Waals surface area contributed by atoms with E-state index < -0.39 is 53.0 Å². The standard InChI is InChI=1S/C25H44N2O9/c1-9-32-20(29)25(21(30)33-10-2,14-11-18(26)19(28)35-23(3,4)5)34-17-12-15-27(16-13-17)22(31)36-24(6,7)8/h17-18H,9-16,26H2,1-8H3. The van der Waals surface area contributed by atoms with Crippen molar-refractivity contribution >= 4 is 24.0 Å². The number of ether oxygens (including phenoxy) is 5. The van der Waals surface area contributed by atoms with Crippen LogP contribution in [-0.2, 0) is 38.1 Å². The Kier molecular flexibility index (Phi) is 11.6. The molecule has 1 fully saturated rings. The van der Waals surface area contributed by atoms with Gasteiger partial charge in [-0.15, -0.1) is 0 Å². The summed E-state index contributed by atoms with van der Waals surface area (Å²) in [7, 11) is 0. The van der Waals surface area contributed by atoms with Gasteiger partial charge in [0.2, 0.25) is 0 Å². The molecule has 1 heterocycles. The SMILES string of the molecule is CCOC(=O)C(CCC(N)C(=O)OC(C)(C)C)(OC1CCN(C(=O)OC(C)(C)C)CC1)C(=O)OCC. The van der Waals surface area contributed by atoms with E-state index in [1.54, 1.807) is 60.3 Å². The zero-order valence-corrected chi connectivity index (χ0v) is 23.0. The third kappa shape index (κ3) is 9.93. The van der Waals surface area contributed by atoms with Gasteiger partial charge in [-0.3, -0.25) is 4.79 Å². The number of nitrogens with zero attached hydrogens (tertiary/aromatic N) is 1. The topological polar surface area (TPSA) is 144 Å². The summed E-state index contributed by atoms with van der Waals surface area (Å²) in [5.74, 6) is -2.47. The van der Waals surface area contributed by atoms with Gasteiger partial charge >= 0.3 is 24.0 Å². The number of piperidine rings is 1. The molecular formula is C25H44N2O9. The van der Waals surface area contributed by atoms with Crippen molar-refractivity contribution in [2.45, 2.75) is 110 Å². The second kappa shape index (κ2) is 13.2. The number of likely N-dealkylation sites (tertiary alicyclic amines) is 1. The van der Waals surface area contributed by atoms with Crippen LogP contribution in [0.3, 0.4) is 0 Å². The first kappa shape index (κ1) is 31.6. The van der Waals surface area contributed by atoms with Crippen molar-refractivity contribution in [1.82, 2.24) is 4.90 Å². The first-order chi connectivity index (χ1) is 16.5. The van der Waals surface area contributed by atoms with Gasteiger partial charge in [-0.05, 0) is 74.7 Å². The molecule has 0 aliphatic carbocycles. The highest BCUT2D eigenvalue weighted by atomic mass is 16.6. The summed E-state index contributed by atoms with van der Waals surface area (Å²) in [6, 6.07) is -1.09. The number of hydrogen-bond acceptors (Lipinski definition) is 10. The van der Waals surface area contributed by atoms with Crippen molar-refractivity contribution in [3.05, 3.63) is 0 Å². The summed E-state index contributed by atoms with van der Waals surface area (Å²) >= 11 is 0. The quantitative estimate of drug-likeness (QED) is 0.261. The molecule has 0 saturated carbocycles. The van der Waals surface area contributed by atoms with E-state index in [1.165, 1.54) is 0 Å². The van der Waals surface area contributed by atoms with Crippen molar-refractivity contribution in [1.29, 1.82) is 0 Å². The third-order valence-electron chi connectivity index (χ3n) is 5.19. The number of hydrogen-bond donors (Lipinski definition) is 1. The Morgan fingerprint density at radius 2 is 1.33 bits per heavy atom. The number of rotatable bonds is 10. The van der Waals surface area contributed by atoms with Crippen molar-refractivity contribution in [3.63, 3.8) is 0 Å². The van der Waals surface area contributed by atoms with Gasteiger partial charge in [-0.2, -0.15) is 0 Å². The van der Waals surface area contributed by atoms with Crippen LogP contribution in [0.5, 0.6) is 0 Å². The number of nitrogens with two attached hydrogens (primary N) is 1. The second-order valence-corrected chi connectivity index (χ2v) is 10.7. The molecule has 1 rings (SSSR count). The highest BCUT2D eigenvalue weighted by molar-refractivity contribution is 6.03. The maximum atomic E-state index is 13.1. The molecule has 1 amide bonds. The molecule has 1 saturated heterocycles. The fraction of sp³-hybridized carbons (Fsp3) is 0.840. The molecule has 1 aliphatic heterocycles. The van der Waals surface area contributed by atoms with Gasteiger partial charge in [-0.25, -0.2) is 14.4 Å². The molecule has 11 heteroatoms. The zero-order valence-electron chi connectivity index (χ0n) is 23.0. The van der Waals surface area contributed by atoms with Gasteiger partial charge in [0.15, 0.2) is 0 Å². The highest BCUT2D eigenvalue weighted by Gasteiger charge is 2.52. The summed E-state index contributed by atoms with van der Waals surface area (Å²) in [6.45, 7) is 14.4. The Morgan fingerprint density at radius 3 is 1.75 bits per heavy atom. The smallest absolute Gasteiger partial charge is 0.410 e. The molecule has 0 bridgehead atoms. The Balaban J connectivity index is 3.06. The monoisotopic (exact) mass is 516 g/mol. The molecule has 0 radical (unpaired) electrons. The van der Waals surface area contributed by atoms with Crippen LogP contribution in [0.2, 0.25) is 0 Å². The van der Waals surface area contributed by atoms with Crippen LogP contribution in [0.4, 0.5) is 4.79 Å². The summed E-state index contributed by atoms with van der Waals surface area (Å²) in [5, 5.41) is 0. The van der Waals surface area contributed by atoms with Crippen molar-refractivity contribution in [2.75, 3.05) is 26.3 Å². The number of amides is 1. The van der Waals surface area contributed by atoms with Crippen molar-refractivity contribution in [2.24, 2.45) is 5.73 Å².